The lowest BCUT2D eigenvalue weighted by molar-refractivity contribution is -0.274. The van der Waals surface area contributed by atoms with E-state index in [1.165, 1.54) is 0 Å². The average Bonchev–Trinajstić information content (AvgIpc) is 2.21. The Hall–Kier alpha value is -2.18. The van der Waals surface area contributed by atoms with Crippen molar-refractivity contribution in [1.29, 1.82) is 0 Å². The highest BCUT2D eigenvalue weighted by molar-refractivity contribution is 6.35. The van der Waals surface area contributed by atoms with Gasteiger partial charge in [0.1, 0.15) is 0 Å². The molecule has 0 atom stereocenters. The van der Waals surface area contributed by atoms with Crippen molar-refractivity contribution in [2.24, 2.45) is 0 Å². The summed E-state index contributed by atoms with van der Waals surface area (Å²) >= 11 is 0. The molecule has 0 radical (unpaired) electrons. The third kappa shape index (κ3) is 5.53. The Kier molecular flexibility index (Phi) is 5.47. The van der Waals surface area contributed by atoms with E-state index in [-0.39, 0.29) is 0 Å². The Balaban J connectivity index is 3.79. The van der Waals surface area contributed by atoms with Gasteiger partial charge in [-0.15, -0.1) is 0 Å². The van der Waals surface area contributed by atoms with Gasteiger partial charge in [-0.3, -0.25) is 9.78 Å². The van der Waals surface area contributed by atoms with Crippen molar-refractivity contribution in [3.63, 3.8) is 0 Å². The van der Waals surface area contributed by atoms with Crippen LogP contribution in [0.15, 0.2) is 0 Å². The molecular weight excluding hydrogens is 235 g/mol. The van der Waals surface area contributed by atoms with Gasteiger partial charge in [-0.25, -0.2) is 19.2 Å². The van der Waals surface area contributed by atoms with Crippen LogP contribution in [0.5, 0.6) is 0 Å². The second kappa shape index (κ2) is 6.33. The highest BCUT2D eigenvalue weighted by Crippen LogP contribution is 1.90. The zero-order valence-electron chi connectivity index (χ0n) is 7.18. The fourth-order valence-electron chi connectivity index (χ4n) is 0.257. The first-order valence-electron chi connectivity index (χ1n) is 3.23. The summed E-state index contributed by atoms with van der Waals surface area (Å²) in [6.45, 7) is 0. The molecule has 0 spiro atoms. The first kappa shape index (κ1) is 13.8. The van der Waals surface area contributed by atoms with Crippen molar-refractivity contribution in [1.82, 2.24) is 0 Å². The molecule has 0 fully saturated rings. The standard InChI is InChI=1S/C4H3BO11/c6-1(7)3(10)13-15-5(12)16-14-4(11)2(8)9/h12H,(H,6,7)(H,8,9). The van der Waals surface area contributed by atoms with Crippen molar-refractivity contribution in [3.05, 3.63) is 0 Å². The predicted molar refractivity (Wildman–Crippen MR) is 37.6 cm³/mol. The molecule has 11 nitrogen and oxygen atoms in total. The Morgan fingerprint density at radius 2 is 1.12 bits per heavy atom. The van der Waals surface area contributed by atoms with Crippen molar-refractivity contribution < 1.29 is 53.8 Å². The van der Waals surface area contributed by atoms with E-state index >= 15 is 0 Å². The molecule has 0 unspecified atom stereocenters. The number of rotatable bonds is 4. The maximum Gasteiger partial charge on any atom is 0.713 e. The summed E-state index contributed by atoms with van der Waals surface area (Å²) in [6, 6.07) is 0. The van der Waals surface area contributed by atoms with Gasteiger partial charge < -0.3 is 15.2 Å². The van der Waals surface area contributed by atoms with E-state index in [2.05, 4.69) is 19.4 Å². The van der Waals surface area contributed by atoms with Crippen LogP contribution in [-0.4, -0.2) is 46.4 Å². The van der Waals surface area contributed by atoms with Crippen LogP contribution in [0, 0.1) is 0 Å². The third-order valence-corrected chi connectivity index (χ3v) is 0.761. The summed E-state index contributed by atoms with van der Waals surface area (Å²) in [4.78, 5) is 53.9. The van der Waals surface area contributed by atoms with Crippen molar-refractivity contribution in [2.75, 3.05) is 0 Å². The van der Waals surface area contributed by atoms with E-state index in [1.54, 1.807) is 0 Å². The Morgan fingerprint density at radius 3 is 1.38 bits per heavy atom. The monoisotopic (exact) mass is 238 g/mol. The number of aliphatic carboxylic acids is 2. The summed E-state index contributed by atoms with van der Waals surface area (Å²) in [5, 5.41) is 24.4. The molecule has 88 valence electrons. The first-order valence-corrected chi connectivity index (χ1v) is 3.23. The first-order chi connectivity index (χ1) is 7.34. The van der Waals surface area contributed by atoms with Crippen LogP contribution in [0.2, 0.25) is 0 Å². The van der Waals surface area contributed by atoms with Crippen LogP contribution in [0.25, 0.3) is 0 Å². The molecule has 0 saturated heterocycles. The largest absolute Gasteiger partial charge is 0.713 e. The van der Waals surface area contributed by atoms with E-state index in [1.807, 2.05) is 0 Å². The lowest BCUT2D eigenvalue weighted by Crippen LogP contribution is -2.29. The summed E-state index contributed by atoms with van der Waals surface area (Å²) in [7, 11) is -2.49. The molecule has 0 saturated carbocycles. The molecule has 0 aromatic rings. The van der Waals surface area contributed by atoms with Gasteiger partial charge in [0.05, 0.1) is 0 Å². The highest BCUT2D eigenvalue weighted by Gasteiger charge is 2.27. The van der Waals surface area contributed by atoms with Crippen molar-refractivity contribution >= 4 is 31.2 Å². The minimum atomic E-state index is -2.49. The quantitative estimate of drug-likeness (QED) is 0.198. The maximum atomic E-state index is 10.2. The number of hydrogen-bond donors (Lipinski definition) is 3. The summed E-state index contributed by atoms with van der Waals surface area (Å²) in [5.41, 5.74) is 0. The summed E-state index contributed by atoms with van der Waals surface area (Å²) < 4.78 is 0. The SMILES string of the molecule is O=C(O)C(=O)OOB(O)OOC(=O)C(=O)O. The molecule has 0 aromatic carbocycles. The van der Waals surface area contributed by atoms with E-state index in [0.717, 1.165) is 0 Å². The van der Waals surface area contributed by atoms with Crippen LogP contribution >= 0.6 is 0 Å². The molecule has 12 heteroatoms. The molecule has 0 bridgehead atoms. The number of carboxylic acid groups (broad SMARTS) is 2. The van der Waals surface area contributed by atoms with Crippen molar-refractivity contribution in [2.45, 2.75) is 0 Å². The molecule has 0 rings (SSSR count). The molecule has 0 amide bonds. The van der Waals surface area contributed by atoms with E-state index in [0.29, 0.717) is 0 Å². The van der Waals surface area contributed by atoms with Crippen molar-refractivity contribution in [3.8, 4) is 0 Å². The summed E-state index contributed by atoms with van der Waals surface area (Å²) in [6.07, 6.45) is 0. The predicted octanol–water partition coefficient (Wildman–Crippen LogP) is -2.92. The van der Waals surface area contributed by atoms with E-state index in [9.17, 15) is 19.2 Å². The fraction of sp³-hybridized carbons (Fsp3) is 0. The van der Waals surface area contributed by atoms with Crippen LogP contribution in [0.4, 0.5) is 0 Å². The van der Waals surface area contributed by atoms with Gasteiger partial charge in [0.15, 0.2) is 0 Å². The Bertz CT molecular complexity index is 279. The van der Waals surface area contributed by atoms with Gasteiger partial charge in [-0.05, 0) is 0 Å². The van der Waals surface area contributed by atoms with Crippen LogP contribution in [0.1, 0.15) is 0 Å². The molecule has 0 heterocycles. The second-order valence-electron chi connectivity index (χ2n) is 1.85. The lowest BCUT2D eigenvalue weighted by Gasteiger charge is -2.03. The van der Waals surface area contributed by atoms with Gasteiger partial charge in [-0.1, -0.05) is 0 Å². The normalized spacial score (nSPS) is 9.06. The maximum absolute atomic E-state index is 10.2. The minimum Gasteiger partial charge on any atom is -0.473 e. The summed E-state index contributed by atoms with van der Waals surface area (Å²) in [5.74, 6) is -7.80. The lowest BCUT2D eigenvalue weighted by atomic mass is 10.3. The van der Waals surface area contributed by atoms with E-state index < -0.39 is 31.2 Å². The fourth-order valence-corrected chi connectivity index (χ4v) is 0.257. The Labute approximate surface area is 86.1 Å². The average molecular weight is 238 g/mol. The third-order valence-electron chi connectivity index (χ3n) is 0.761. The zero-order chi connectivity index (χ0) is 12.7. The van der Waals surface area contributed by atoms with Crippen LogP contribution in [-0.2, 0) is 38.6 Å². The number of carbonyl (C=O) groups excluding carboxylic acids is 2. The van der Waals surface area contributed by atoms with Gasteiger partial charge in [0, 0.05) is 0 Å². The van der Waals surface area contributed by atoms with Gasteiger partial charge in [0.2, 0.25) is 0 Å². The second-order valence-corrected chi connectivity index (χ2v) is 1.85. The molecule has 0 aliphatic heterocycles. The smallest absolute Gasteiger partial charge is 0.473 e. The van der Waals surface area contributed by atoms with Crippen LogP contribution < -0.4 is 0 Å². The van der Waals surface area contributed by atoms with Gasteiger partial charge in [-0.2, -0.15) is 9.61 Å². The molecule has 0 aliphatic carbocycles. The molecule has 0 aliphatic rings. The topological polar surface area (TPSA) is 166 Å². The number of carboxylic acids is 2. The zero-order valence-corrected chi connectivity index (χ0v) is 7.18. The minimum absolute atomic E-state index is 1.88. The molecule has 3 N–H and O–H groups in total. The van der Waals surface area contributed by atoms with Crippen LogP contribution in [0.3, 0.4) is 0 Å². The van der Waals surface area contributed by atoms with E-state index in [4.69, 9.17) is 15.2 Å². The Morgan fingerprint density at radius 1 is 0.812 bits per heavy atom. The van der Waals surface area contributed by atoms with Gasteiger partial charge in [0.25, 0.3) is 0 Å². The van der Waals surface area contributed by atoms with Gasteiger partial charge >= 0.3 is 31.2 Å². The highest BCUT2D eigenvalue weighted by atomic mass is 17.3. The molecular formula is C4H3BO11. The molecule has 0 aromatic heterocycles. The molecule has 16 heavy (non-hydrogen) atoms. The number of hydrogen-bond acceptors (Lipinski definition) is 9. The number of carbonyl (C=O) groups is 4.